The van der Waals surface area contributed by atoms with E-state index in [0.29, 0.717) is 38.0 Å². The number of ether oxygens (including phenoxy) is 1. The Labute approximate surface area is 197 Å². The predicted octanol–water partition coefficient (Wildman–Crippen LogP) is 5.90. The smallest absolute Gasteiger partial charge is 0.433 e. The van der Waals surface area contributed by atoms with Crippen LogP contribution in [0.25, 0.3) is 0 Å². The standard InChI is InChI=1S/C23H25F3N2O3.C3H6/c1-15(21(29)30)12-16-2-3-17-4-6-22(31-19(17)13-16)7-10-28(11-8-22)18-5-9-27-20(14-18)23(24,25)26;1-2-3-1/h2-3,5,9,13-15H,4,6-8,10-12H2,1H3,(H,29,30);1-3H2. The lowest BCUT2D eigenvalue weighted by Gasteiger charge is -2.45. The quantitative estimate of drug-likeness (QED) is 0.596. The number of alkyl halides is 3. The Morgan fingerprint density at radius 2 is 1.85 bits per heavy atom. The first-order chi connectivity index (χ1) is 16.2. The van der Waals surface area contributed by atoms with Crippen LogP contribution in [0.2, 0.25) is 0 Å². The van der Waals surface area contributed by atoms with Crippen molar-refractivity contribution in [3.63, 3.8) is 0 Å². The monoisotopic (exact) mass is 476 g/mol. The second kappa shape index (κ2) is 9.84. The lowest BCUT2D eigenvalue weighted by atomic mass is 9.82. The summed E-state index contributed by atoms with van der Waals surface area (Å²) < 4.78 is 45.4. The Bertz CT molecular complexity index is 1010. The average Bonchev–Trinajstić information content (AvgIpc) is 3.68. The fraction of sp³-hybridized carbons (Fsp3) is 0.538. The number of aliphatic carboxylic acids is 1. The molecule has 5 nitrogen and oxygen atoms in total. The van der Waals surface area contributed by atoms with Gasteiger partial charge in [-0.2, -0.15) is 13.2 Å². The van der Waals surface area contributed by atoms with Gasteiger partial charge in [-0.3, -0.25) is 9.78 Å². The van der Waals surface area contributed by atoms with E-state index in [-0.39, 0.29) is 5.60 Å². The summed E-state index contributed by atoms with van der Waals surface area (Å²) in [6, 6.07) is 8.63. The number of piperidine rings is 1. The summed E-state index contributed by atoms with van der Waals surface area (Å²) in [5, 5.41) is 9.16. The Hall–Kier alpha value is -2.77. The summed E-state index contributed by atoms with van der Waals surface area (Å²) in [7, 11) is 0. The van der Waals surface area contributed by atoms with Gasteiger partial charge in [0.05, 0.1) is 5.92 Å². The highest BCUT2D eigenvalue weighted by molar-refractivity contribution is 5.70. The molecule has 1 unspecified atom stereocenters. The summed E-state index contributed by atoms with van der Waals surface area (Å²) >= 11 is 0. The van der Waals surface area contributed by atoms with Crippen molar-refractivity contribution in [1.29, 1.82) is 0 Å². The largest absolute Gasteiger partial charge is 0.487 e. The zero-order valence-electron chi connectivity index (χ0n) is 19.4. The van der Waals surface area contributed by atoms with E-state index in [4.69, 9.17) is 9.84 Å². The Morgan fingerprint density at radius 1 is 1.15 bits per heavy atom. The van der Waals surface area contributed by atoms with Crippen molar-refractivity contribution in [2.24, 2.45) is 5.92 Å². The van der Waals surface area contributed by atoms with Gasteiger partial charge in [-0.15, -0.1) is 0 Å². The SMILES string of the molecule is C1CC1.CC(Cc1ccc2c(c1)OC1(CC2)CCN(c2ccnc(C(F)(F)F)c2)CC1)C(=O)O. The minimum Gasteiger partial charge on any atom is -0.487 e. The fourth-order valence-electron chi connectivity index (χ4n) is 4.41. The normalized spacial score (nSPS) is 19.4. The van der Waals surface area contributed by atoms with Crippen LogP contribution in [0.4, 0.5) is 18.9 Å². The van der Waals surface area contributed by atoms with Crippen LogP contribution in [0, 0.1) is 5.92 Å². The van der Waals surface area contributed by atoms with Gasteiger partial charge in [-0.25, -0.2) is 0 Å². The van der Waals surface area contributed by atoms with Crippen LogP contribution < -0.4 is 9.64 Å². The molecule has 0 radical (unpaired) electrons. The molecule has 2 aromatic rings. The van der Waals surface area contributed by atoms with Gasteiger partial charge in [-0.05, 0) is 48.6 Å². The second-order valence-electron chi connectivity index (χ2n) is 9.62. The van der Waals surface area contributed by atoms with E-state index in [1.165, 1.54) is 25.5 Å². The van der Waals surface area contributed by atoms with Crippen LogP contribution in [-0.2, 0) is 23.8 Å². The molecule has 1 atom stereocenters. The first-order valence-corrected chi connectivity index (χ1v) is 12.0. The molecule has 1 saturated heterocycles. The Kier molecular flexibility index (Phi) is 7.05. The van der Waals surface area contributed by atoms with E-state index in [9.17, 15) is 18.0 Å². The molecular formula is C26H31F3N2O3. The molecule has 1 N–H and O–H groups in total. The zero-order chi connectivity index (χ0) is 24.3. The van der Waals surface area contributed by atoms with Crippen molar-refractivity contribution in [3.8, 4) is 5.75 Å². The molecule has 0 bridgehead atoms. The van der Waals surface area contributed by atoms with Crippen LogP contribution >= 0.6 is 0 Å². The number of benzene rings is 1. The van der Waals surface area contributed by atoms with E-state index in [1.807, 2.05) is 23.1 Å². The maximum atomic E-state index is 13.0. The number of hydrogen-bond donors (Lipinski definition) is 1. The molecule has 2 aliphatic heterocycles. The highest BCUT2D eigenvalue weighted by Gasteiger charge is 2.40. The van der Waals surface area contributed by atoms with Crippen LogP contribution in [0.5, 0.6) is 5.75 Å². The summed E-state index contributed by atoms with van der Waals surface area (Å²) in [5.41, 5.74) is 1.36. The van der Waals surface area contributed by atoms with Crippen LogP contribution in [-0.4, -0.2) is 34.8 Å². The van der Waals surface area contributed by atoms with Gasteiger partial charge in [0.1, 0.15) is 17.0 Å². The molecule has 1 aromatic heterocycles. The Balaban J connectivity index is 0.000000846. The molecule has 2 fully saturated rings. The number of rotatable bonds is 4. The number of aryl methyl sites for hydroxylation is 1. The molecule has 34 heavy (non-hydrogen) atoms. The number of carbonyl (C=O) groups is 1. The summed E-state index contributed by atoms with van der Waals surface area (Å²) in [4.78, 5) is 16.5. The van der Waals surface area contributed by atoms with Crippen LogP contribution in [0.3, 0.4) is 0 Å². The lowest BCUT2D eigenvalue weighted by Crippen LogP contribution is -2.49. The van der Waals surface area contributed by atoms with Crippen molar-refractivity contribution in [3.05, 3.63) is 53.3 Å². The number of carboxylic acid groups (broad SMARTS) is 1. The van der Waals surface area contributed by atoms with E-state index < -0.39 is 23.8 Å². The molecule has 184 valence electrons. The average molecular weight is 477 g/mol. The number of aromatic nitrogens is 1. The van der Waals surface area contributed by atoms with Crippen LogP contribution in [0.15, 0.2) is 36.5 Å². The number of fused-ring (bicyclic) bond motifs is 1. The van der Waals surface area contributed by atoms with Gasteiger partial charge < -0.3 is 14.7 Å². The Morgan fingerprint density at radius 3 is 2.47 bits per heavy atom. The number of hydrogen-bond acceptors (Lipinski definition) is 4. The molecule has 1 saturated carbocycles. The molecule has 5 rings (SSSR count). The first kappa shape index (κ1) is 24.4. The third-order valence-corrected chi connectivity index (χ3v) is 6.70. The molecule has 1 aromatic carbocycles. The number of anilines is 1. The van der Waals surface area contributed by atoms with E-state index >= 15 is 0 Å². The van der Waals surface area contributed by atoms with Crippen molar-refractivity contribution in [1.82, 2.24) is 4.98 Å². The maximum Gasteiger partial charge on any atom is 0.433 e. The summed E-state index contributed by atoms with van der Waals surface area (Å²) in [6.45, 7) is 2.89. The van der Waals surface area contributed by atoms with Gasteiger partial charge in [0.2, 0.25) is 0 Å². The number of halogens is 3. The summed E-state index contributed by atoms with van der Waals surface area (Å²) in [5.74, 6) is -0.494. The van der Waals surface area contributed by atoms with Gasteiger partial charge in [0, 0.05) is 37.8 Å². The molecule has 3 heterocycles. The zero-order valence-corrected chi connectivity index (χ0v) is 19.4. The molecule has 1 spiro atoms. The highest BCUT2D eigenvalue weighted by atomic mass is 19.4. The third kappa shape index (κ3) is 6.02. The van der Waals surface area contributed by atoms with E-state index in [0.717, 1.165) is 35.8 Å². The van der Waals surface area contributed by atoms with Gasteiger partial charge in [0.15, 0.2) is 0 Å². The van der Waals surface area contributed by atoms with E-state index in [1.54, 1.807) is 13.0 Å². The van der Waals surface area contributed by atoms with E-state index in [2.05, 4.69) is 4.98 Å². The fourth-order valence-corrected chi connectivity index (χ4v) is 4.41. The molecule has 8 heteroatoms. The van der Waals surface area contributed by atoms with Crippen molar-refractivity contribution >= 4 is 11.7 Å². The van der Waals surface area contributed by atoms with Crippen molar-refractivity contribution < 1.29 is 27.8 Å². The molecular weight excluding hydrogens is 445 g/mol. The first-order valence-electron chi connectivity index (χ1n) is 12.0. The number of pyridine rings is 1. The molecule has 3 aliphatic rings. The summed E-state index contributed by atoms with van der Waals surface area (Å²) in [6.07, 6.45) is 4.85. The third-order valence-electron chi connectivity index (χ3n) is 6.70. The van der Waals surface area contributed by atoms with Gasteiger partial charge in [-0.1, -0.05) is 38.3 Å². The number of nitrogens with zero attached hydrogens (tertiary/aromatic N) is 2. The second-order valence-corrected chi connectivity index (χ2v) is 9.62. The maximum absolute atomic E-state index is 13.0. The number of carboxylic acids is 1. The van der Waals surface area contributed by atoms with Crippen molar-refractivity contribution in [2.75, 3.05) is 18.0 Å². The minimum absolute atomic E-state index is 0.333. The van der Waals surface area contributed by atoms with Crippen LogP contribution in [0.1, 0.15) is 62.3 Å². The minimum atomic E-state index is -4.46. The highest BCUT2D eigenvalue weighted by Crippen LogP contribution is 2.41. The lowest BCUT2D eigenvalue weighted by molar-refractivity contribution is -0.142. The van der Waals surface area contributed by atoms with Crippen molar-refractivity contribution in [2.45, 2.75) is 70.1 Å². The topological polar surface area (TPSA) is 62.7 Å². The molecule has 1 aliphatic carbocycles. The molecule has 0 amide bonds. The van der Waals surface area contributed by atoms with Gasteiger partial charge >= 0.3 is 12.1 Å². The predicted molar refractivity (Wildman–Crippen MR) is 123 cm³/mol. The van der Waals surface area contributed by atoms with Gasteiger partial charge in [0.25, 0.3) is 0 Å².